The molecule has 5 rings (SSSR count). The summed E-state index contributed by atoms with van der Waals surface area (Å²) in [6, 6.07) is 4.12. The van der Waals surface area contributed by atoms with Gasteiger partial charge < -0.3 is 9.80 Å². The van der Waals surface area contributed by atoms with Gasteiger partial charge in [-0.25, -0.2) is 4.98 Å². The van der Waals surface area contributed by atoms with Crippen molar-refractivity contribution in [2.75, 3.05) is 36.0 Å². The van der Waals surface area contributed by atoms with Crippen molar-refractivity contribution in [2.45, 2.75) is 38.5 Å². The van der Waals surface area contributed by atoms with Crippen molar-refractivity contribution in [2.24, 2.45) is 0 Å². The first-order valence-corrected chi connectivity index (χ1v) is 10.3. The standard InChI is InChI=1S/C18H23N7S/c1-13-12-26-18(19-13)24-10-6-14(7-11-24)17-21-20-15-4-5-16(22-25(15)17)23-8-2-3-9-23/h4-5,12,14H,2-3,6-11H2,1H3. The Balaban J connectivity index is 1.36. The van der Waals surface area contributed by atoms with Gasteiger partial charge in [-0.15, -0.1) is 26.6 Å². The summed E-state index contributed by atoms with van der Waals surface area (Å²) in [6.45, 7) is 6.28. The van der Waals surface area contributed by atoms with Crippen LogP contribution in [0.4, 0.5) is 10.9 Å². The van der Waals surface area contributed by atoms with Crippen molar-refractivity contribution < 1.29 is 0 Å². The maximum absolute atomic E-state index is 4.87. The lowest BCUT2D eigenvalue weighted by molar-refractivity contribution is 0.477. The zero-order valence-corrected chi connectivity index (χ0v) is 15.8. The molecule has 3 aromatic rings. The van der Waals surface area contributed by atoms with E-state index in [0.717, 1.165) is 67.1 Å². The molecule has 26 heavy (non-hydrogen) atoms. The Morgan fingerprint density at radius 1 is 1.00 bits per heavy atom. The minimum Gasteiger partial charge on any atom is -0.355 e. The fourth-order valence-corrected chi connectivity index (χ4v) is 4.84. The smallest absolute Gasteiger partial charge is 0.185 e. The fraction of sp³-hybridized carbons (Fsp3) is 0.556. The lowest BCUT2D eigenvalue weighted by Gasteiger charge is -2.30. The quantitative estimate of drug-likeness (QED) is 0.707. The van der Waals surface area contributed by atoms with Crippen molar-refractivity contribution in [1.29, 1.82) is 0 Å². The Morgan fingerprint density at radius 2 is 1.81 bits per heavy atom. The van der Waals surface area contributed by atoms with E-state index in [1.807, 2.05) is 10.6 Å². The van der Waals surface area contributed by atoms with Gasteiger partial charge in [0.2, 0.25) is 0 Å². The van der Waals surface area contributed by atoms with E-state index in [9.17, 15) is 0 Å². The third-order valence-corrected chi connectivity index (χ3v) is 6.46. The minimum atomic E-state index is 0.406. The van der Waals surface area contributed by atoms with E-state index < -0.39 is 0 Å². The van der Waals surface area contributed by atoms with Crippen molar-refractivity contribution in [3.63, 3.8) is 0 Å². The van der Waals surface area contributed by atoms with Crippen LogP contribution in [0.2, 0.25) is 0 Å². The molecule has 0 atom stereocenters. The molecule has 3 aromatic heterocycles. The van der Waals surface area contributed by atoms with Gasteiger partial charge >= 0.3 is 0 Å². The third kappa shape index (κ3) is 2.82. The Labute approximate surface area is 156 Å². The molecule has 5 heterocycles. The second-order valence-electron chi connectivity index (χ2n) is 7.25. The first kappa shape index (κ1) is 16.0. The van der Waals surface area contributed by atoms with Gasteiger partial charge in [0.25, 0.3) is 0 Å². The Hall–Kier alpha value is -2.22. The number of fused-ring (bicyclic) bond motifs is 1. The number of anilines is 2. The van der Waals surface area contributed by atoms with Gasteiger partial charge in [0.05, 0.1) is 5.69 Å². The van der Waals surface area contributed by atoms with Crippen LogP contribution in [0.1, 0.15) is 43.1 Å². The number of aromatic nitrogens is 5. The maximum atomic E-state index is 4.87. The first-order valence-electron chi connectivity index (χ1n) is 9.42. The van der Waals surface area contributed by atoms with Gasteiger partial charge in [0.15, 0.2) is 16.6 Å². The number of piperidine rings is 1. The molecular weight excluding hydrogens is 346 g/mol. The summed E-state index contributed by atoms with van der Waals surface area (Å²) in [5.74, 6) is 2.46. The van der Waals surface area contributed by atoms with E-state index in [1.54, 1.807) is 11.3 Å². The molecule has 2 fully saturated rings. The van der Waals surface area contributed by atoms with Crippen molar-refractivity contribution >= 4 is 27.9 Å². The Bertz CT molecular complexity index is 903. The highest BCUT2D eigenvalue weighted by atomic mass is 32.1. The van der Waals surface area contributed by atoms with Crippen molar-refractivity contribution in [3.8, 4) is 0 Å². The predicted octanol–water partition coefficient (Wildman–Crippen LogP) is 2.87. The maximum Gasteiger partial charge on any atom is 0.185 e. The molecule has 0 bridgehead atoms. The number of thiazole rings is 1. The van der Waals surface area contributed by atoms with E-state index in [2.05, 4.69) is 43.4 Å². The Morgan fingerprint density at radius 3 is 2.54 bits per heavy atom. The van der Waals surface area contributed by atoms with E-state index in [1.165, 1.54) is 12.8 Å². The van der Waals surface area contributed by atoms with E-state index in [-0.39, 0.29) is 0 Å². The predicted molar refractivity (Wildman–Crippen MR) is 103 cm³/mol. The topological polar surface area (TPSA) is 62.5 Å². The van der Waals surface area contributed by atoms with E-state index >= 15 is 0 Å². The van der Waals surface area contributed by atoms with Crippen LogP contribution >= 0.6 is 11.3 Å². The van der Waals surface area contributed by atoms with Crippen molar-refractivity contribution in [3.05, 3.63) is 29.0 Å². The summed E-state index contributed by atoms with van der Waals surface area (Å²) in [5, 5.41) is 17.0. The van der Waals surface area contributed by atoms with Crippen molar-refractivity contribution in [1.82, 2.24) is 24.8 Å². The second-order valence-corrected chi connectivity index (χ2v) is 8.08. The van der Waals surface area contributed by atoms with Crippen LogP contribution in [0.15, 0.2) is 17.5 Å². The molecule has 2 aliphatic heterocycles. The highest BCUT2D eigenvalue weighted by molar-refractivity contribution is 7.13. The molecule has 0 aliphatic carbocycles. The van der Waals surface area contributed by atoms with E-state index in [4.69, 9.17) is 5.10 Å². The molecule has 0 N–H and O–H groups in total. The van der Waals surface area contributed by atoms with Gasteiger partial charge in [-0.1, -0.05) is 0 Å². The average molecular weight is 369 g/mol. The molecule has 0 aromatic carbocycles. The summed E-state index contributed by atoms with van der Waals surface area (Å²) in [7, 11) is 0. The van der Waals surface area contributed by atoms with Crippen LogP contribution in [-0.4, -0.2) is 51.0 Å². The SMILES string of the molecule is Cc1csc(N2CCC(c3nnc4ccc(N5CCCC5)nn34)CC2)n1. The molecule has 2 saturated heterocycles. The summed E-state index contributed by atoms with van der Waals surface area (Å²) >= 11 is 1.74. The number of aryl methyl sites for hydroxylation is 1. The molecule has 0 saturated carbocycles. The van der Waals surface area contributed by atoms with Crippen LogP contribution in [-0.2, 0) is 0 Å². The van der Waals surface area contributed by atoms with Gasteiger partial charge in [-0.3, -0.25) is 0 Å². The zero-order chi connectivity index (χ0) is 17.5. The molecule has 136 valence electrons. The highest BCUT2D eigenvalue weighted by Crippen LogP contribution is 2.31. The van der Waals surface area contributed by atoms with Gasteiger partial charge in [-0.2, -0.15) is 4.52 Å². The number of hydrogen-bond donors (Lipinski definition) is 0. The van der Waals surface area contributed by atoms with Crippen LogP contribution in [0.25, 0.3) is 5.65 Å². The van der Waals surface area contributed by atoms with Crippen LogP contribution in [0.5, 0.6) is 0 Å². The highest BCUT2D eigenvalue weighted by Gasteiger charge is 2.26. The lowest BCUT2D eigenvalue weighted by atomic mass is 9.96. The Kier molecular flexibility index (Phi) is 4.00. The first-order chi connectivity index (χ1) is 12.8. The molecule has 0 unspecified atom stereocenters. The molecular formula is C18H23N7S. The fourth-order valence-electron chi connectivity index (χ4n) is 3.98. The monoisotopic (exact) mass is 369 g/mol. The molecule has 0 amide bonds. The number of nitrogens with zero attached hydrogens (tertiary/aromatic N) is 7. The molecule has 8 heteroatoms. The minimum absolute atomic E-state index is 0.406. The second kappa shape index (κ2) is 6.50. The summed E-state index contributed by atoms with van der Waals surface area (Å²) in [4.78, 5) is 9.37. The summed E-state index contributed by atoms with van der Waals surface area (Å²) in [5.41, 5.74) is 1.95. The van der Waals surface area contributed by atoms with Crippen LogP contribution < -0.4 is 9.80 Å². The normalized spacial score (nSPS) is 19.0. The zero-order valence-electron chi connectivity index (χ0n) is 15.0. The number of rotatable bonds is 3. The average Bonchev–Trinajstić information content (AvgIpc) is 3.42. The summed E-state index contributed by atoms with van der Waals surface area (Å²) < 4.78 is 1.97. The van der Waals surface area contributed by atoms with Gasteiger partial charge in [-0.05, 0) is 44.7 Å². The third-order valence-electron chi connectivity index (χ3n) is 5.44. The molecule has 2 aliphatic rings. The number of hydrogen-bond acceptors (Lipinski definition) is 7. The van der Waals surface area contributed by atoms with Gasteiger partial charge in [0, 0.05) is 37.5 Å². The molecule has 0 radical (unpaired) electrons. The molecule has 7 nitrogen and oxygen atoms in total. The summed E-state index contributed by atoms with van der Waals surface area (Å²) in [6.07, 6.45) is 4.64. The molecule has 0 spiro atoms. The van der Waals surface area contributed by atoms with Crippen LogP contribution in [0.3, 0.4) is 0 Å². The largest absolute Gasteiger partial charge is 0.355 e. The lowest BCUT2D eigenvalue weighted by Crippen LogP contribution is -2.33. The van der Waals surface area contributed by atoms with Gasteiger partial charge in [0.1, 0.15) is 5.82 Å². The van der Waals surface area contributed by atoms with E-state index in [0.29, 0.717) is 5.92 Å². The van der Waals surface area contributed by atoms with Crippen LogP contribution in [0, 0.1) is 6.92 Å².